The number of anilines is 1. The van der Waals surface area contributed by atoms with Crippen molar-refractivity contribution in [2.75, 3.05) is 18.5 Å². The molecule has 1 aliphatic rings. The van der Waals surface area contributed by atoms with Gasteiger partial charge in [0.25, 0.3) is 0 Å². The van der Waals surface area contributed by atoms with Crippen molar-refractivity contribution in [3.8, 4) is 11.3 Å². The summed E-state index contributed by atoms with van der Waals surface area (Å²) in [5, 5.41) is 5.45. The molecule has 1 fully saturated rings. The van der Waals surface area contributed by atoms with Gasteiger partial charge in [0.1, 0.15) is 5.82 Å². The molecular formula is C21H18BrFN2O2S. The van der Waals surface area contributed by atoms with Crippen molar-refractivity contribution >= 4 is 38.3 Å². The van der Waals surface area contributed by atoms with Crippen molar-refractivity contribution in [2.45, 2.75) is 18.3 Å². The third kappa shape index (κ3) is 3.87. The largest absolute Gasteiger partial charge is 0.381 e. The van der Waals surface area contributed by atoms with Gasteiger partial charge in [0.2, 0.25) is 5.91 Å². The summed E-state index contributed by atoms with van der Waals surface area (Å²) in [6.07, 6.45) is 1.10. The number of nitrogens with one attached hydrogen (secondary N) is 1. The van der Waals surface area contributed by atoms with Gasteiger partial charge in [-0.15, -0.1) is 11.3 Å². The molecule has 3 aromatic rings. The first-order valence-electron chi connectivity index (χ1n) is 8.93. The van der Waals surface area contributed by atoms with Gasteiger partial charge in [0.15, 0.2) is 5.13 Å². The lowest BCUT2D eigenvalue weighted by molar-refractivity contribution is -0.125. The first-order chi connectivity index (χ1) is 13.6. The molecule has 1 aliphatic heterocycles. The second kappa shape index (κ2) is 8.11. The summed E-state index contributed by atoms with van der Waals surface area (Å²) in [5.41, 5.74) is 1.85. The quantitative estimate of drug-likeness (QED) is 0.566. The van der Waals surface area contributed by atoms with Gasteiger partial charge >= 0.3 is 0 Å². The van der Waals surface area contributed by atoms with E-state index in [9.17, 15) is 9.18 Å². The molecule has 144 valence electrons. The molecule has 7 heteroatoms. The third-order valence-electron chi connectivity index (χ3n) is 5.02. The van der Waals surface area contributed by atoms with E-state index in [1.54, 1.807) is 12.1 Å². The summed E-state index contributed by atoms with van der Waals surface area (Å²) in [6.45, 7) is 0.984. The van der Waals surface area contributed by atoms with Crippen LogP contribution in [0.5, 0.6) is 0 Å². The molecule has 0 spiro atoms. The highest BCUT2D eigenvalue weighted by atomic mass is 79.9. The van der Waals surface area contributed by atoms with E-state index in [-0.39, 0.29) is 11.7 Å². The molecule has 1 N–H and O–H groups in total. The van der Waals surface area contributed by atoms with Crippen molar-refractivity contribution in [1.29, 1.82) is 0 Å². The minimum atomic E-state index is -0.743. The molecule has 2 heterocycles. The number of hydrogen-bond acceptors (Lipinski definition) is 4. The van der Waals surface area contributed by atoms with Gasteiger partial charge in [-0.25, -0.2) is 9.37 Å². The summed E-state index contributed by atoms with van der Waals surface area (Å²) in [7, 11) is 0. The molecule has 1 amide bonds. The van der Waals surface area contributed by atoms with Crippen LogP contribution in [0.25, 0.3) is 11.3 Å². The van der Waals surface area contributed by atoms with E-state index < -0.39 is 5.41 Å². The Balaban J connectivity index is 1.59. The van der Waals surface area contributed by atoms with Crippen LogP contribution in [-0.2, 0) is 14.9 Å². The number of aromatic nitrogens is 1. The number of thiazole rings is 1. The van der Waals surface area contributed by atoms with E-state index in [0.29, 0.717) is 31.2 Å². The van der Waals surface area contributed by atoms with Gasteiger partial charge in [-0.05, 0) is 42.7 Å². The van der Waals surface area contributed by atoms with Gasteiger partial charge in [0.05, 0.1) is 11.1 Å². The molecule has 1 aromatic heterocycles. The molecular weight excluding hydrogens is 443 g/mol. The third-order valence-corrected chi connectivity index (χ3v) is 6.27. The minimum Gasteiger partial charge on any atom is -0.381 e. The van der Waals surface area contributed by atoms with Crippen LogP contribution >= 0.6 is 27.3 Å². The van der Waals surface area contributed by atoms with E-state index in [4.69, 9.17) is 4.74 Å². The van der Waals surface area contributed by atoms with Crippen LogP contribution in [0.4, 0.5) is 9.52 Å². The van der Waals surface area contributed by atoms with Crippen LogP contribution in [0, 0.1) is 5.82 Å². The Labute approximate surface area is 174 Å². The Morgan fingerprint density at radius 2 is 1.93 bits per heavy atom. The number of nitrogens with zero attached hydrogens (tertiary/aromatic N) is 1. The average molecular weight is 461 g/mol. The van der Waals surface area contributed by atoms with E-state index >= 15 is 0 Å². The second-order valence-electron chi connectivity index (χ2n) is 6.70. The maximum atomic E-state index is 13.4. The maximum Gasteiger partial charge on any atom is 0.236 e. The molecule has 0 saturated carbocycles. The van der Waals surface area contributed by atoms with Crippen LogP contribution in [0.1, 0.15) is 18.4 Å². The van der Waals surface area contributed by atoms with Crippen LogP contribution < -0.4 is 5.32 Å². The van der Waals surface area contributed by atoms with Gasteiger partial charge < -0.3 is 10.1 Å². The molecule has 1 saturated heterocycles. The molecule has 0 unspecified atom stereocenters. The van der Waals surface area contributed by atoms with E-state index in [1.807, 2.05) is 29.6 Å². The molecule has 4 nitrogen and oxygen atoms in total. The zero-order valence-electron chi connectivity index (χ0n) is 15.0. The monoisotopic (exact) mass is 460 g/mol. The fourth-order valence-electron chi connectivity index (χ4n) is 3.46. The van der Waals surface area contributed by atoms with Crippen LogP contribution in [0.2, 0.25) is 0 Å². The van der Waals surface area contributed by atoms with Crippen molar-refractivity contribution in [2.24, 2.45) is 0 Å². The Kier molecular flexibility index (Phi) is 5.57. The number of carbonyl (C=O) groups is 1. The van der Waals surface area contributed by atoms with Crippen LogP contribution in [0.3, 0.4) is 0 Å². The standard InChI is InChI=1S/C21H18BrFN2O2S/c22-16-3-1-2-14(12-16)18-13-28-20(24-18)25-19(26)21(8-10-27-11-9-21)15-4-6-17(23)7-5-15/h1-7,12-13H,8-11H2,(H,24,25,26). The number of ether oxygens (including phenoxy) is 1. The van der Waals surface area contributed by atoms with Crippen molar-refractivity contribution in [3.05, 3.63) is 69.8 Å². The number of rotatable bonds is 4. The summed E-state index contributed by atoms with van der Waals surface area (Å²) in [5.74, 6) is -0.442. The van der Waals surface area contributed by atoms with Crippen molar-refractivity contribution in [1.82, 2.24) is 4.98 Å². The first kappa shape index (κ1) is 19.2. The lowest BCUT2D eigenvalue weighted by atomic mass is 9.73. The predicted octanol–water partition coefficient (Wildman–Crippen LogP) is 5.40. The minimum absolute atomic E-state index is 0.127. The highest BCUT2D eigenvalue weighted by Gasteiger charge is 2.42. The van der Waals surface area contributed by atoms with Crippen molar-refractivity contribution < 1.29 is 13.9 Å². The van der Waals surface area contributed by atoms with Crippen molar-refractivity contribution in [3.63, 3.8) is 0 Å². The predicted molar refractivity (Wildman–Crippen MR) is 112 cm³/mol. The van der Waals surface area contributed by atoms with Gasteiger partial charge in [0, 0.05) is 28.6 Å². The number of halogens is 2. The lowest BCUT2D eigenvalue weighted by Crippen LogP contribution is -2.44. The molecule has 2 aromatic carbocycles. The Hall–Kier alpha value is -2.09. The Morgan fingerprint density at radius 1 is 1.18 bits per heavy atom. The van der Waals surface area contributed by atoms with E-state index in [1.165, 1.54) is 23.5 Å². The number of carbonyl (C=O) groups excluding carboxylic acids is 1. The summed E-state index contributed by atoms with van der Waals surface area (Å²) in [6, 6.07) is 14.0. The topological polar surface area (TPSA) is 51.2 Å². The lowest BCUT2D eigenvalue weighted by Gasteiger charge is -2.36. The molecule has 0 aliphatic carbocycles. The van der Waals surface area contributed by atoms with E-state index in [0.717, 1.165) is 21.3 Å². The highest BCUT2D eigenvalue weighted by molar-refractivity contribution is 9.10. The van der Waals surface area contributed by atoms with E-state index in [2.05, 4.69) is 26.2 Å². The number of hydrogen-bond donors (Lipinski definition) is 1. The smallest absolute Gasteiger partial charge is 0.236 e. The number of amides is 1. The Morgan fingerprint density at radius 3 is 2.64 bits per heavy atom. The molecule has 0 atom stereocenters. The SMILES string of the molecule is O=C(Nc1nc(-c2cccc(Br)c2)cs1)C1(c2ccc(F)cc2)CCOCC1. The molecule has 28 heavy (non-hydrogen) atoms. The first-order valence-corrected chi connectivity index (χ1v) is 10.6. The van der Waals surface area contributed by atoms with Crippen LogP contribution in [-0.4, -0.2) is 24.1 Å². The second-order valence-corrected chi connectivity index (χ2v) is 8.48. The zero-order chi connectivity index (χ0) is 19.6. The zero-order valence-corrected chi connectivity index (χ0v) is 17.4. The normalized spacial score (nSPS) is 15.9. The Bertz CT molecular complexity index is 984. The maximum absolute atomic E-state index is 13.4. The summed E-state index contributed by atoms with van der Waals surface area (Å²) in [4.78, 5) is 17.8. The average Bonchev–Trinajstić information content (AvgIpc) is 3.17. The molecule has 4 rings (SSSR count). The summed E-state index contributed by atoms with van der Waals surface area (Å²) < 4.78 is 19.8. The van der Waals surface area contributed by atoms with Gasteiger partial charge in [-0.3, -0.25) is 4.79 Å². The summed E-state index contributed by atoms with van der Waals surface area (Å²) >= 11 is 4.85. The molecule has 0 bridgehead atoms. The molecule has 0 radical (unpaired) electrons. The fourth-order valence-corrected chi connectivity index (χ4v) is 4.58. The van der Waals surface area contributed by atoms with Gasteiger partial charge in [-0.2, -0.15) is 0 Å². The number of benzene rings is 2. The van der Waals surface area contributed by atoms with Crippen LogP contribution in [0.15, 0.2) is 58.4 Å². The highest BCUT2D eigenvalue weighted by Crippen LogP contribution is 2.37. The van der Waals surface area contributed by atoms with Gasteiger partial charge in [-0.1, -0.05) is 40.2 Å². The fraction of sp³-hybridized carbons (Fsp3) is 0.238.